The van der Waals surface area contributed by atoms with Crippen LogP contribution in [0.3, 0.4) is 0 Å². The van der Waals surface area contributed by atoms with E-state index in [2.05, 4.69) is 5.32 Å². The molecule has 1 N–H and O–H groups in total. The molecule has 0 saturated carbocycles. The second-order valence-electron chi connectivity index (χ2n) is 3.24. The first-order valence-corrected chi connectivity index (χ1v) is 4.11. The molecule has 0 amide bonds. The van der Waals surface area contributed by atoms with Gasteiger partial charge in [-0.15, -0.1) is 0 Å². The topological polar surface area (TPSA) is 12.0 Å². The Balaban J connectivity index is 2.24. The van der Waals surface area contributed by atoms with Crippen LogP contribution in [0.1, 0.15) is 19.8 Å². The lowest BCUT2D eigenvalue weighted by Gasteiger charge is -2.26. The summed E-state index contributed by atoms with van der Waals surface area (Å²) in [7, 11) is 0. The van der Waals surface area contributed by atoms with Crippen LogP contribution < -0.4 is 5.32 Å². The van der Waals surface area contributed by atoms with Crippen molar-refractivity contribution in [2.24, 2.45) is 11.8 Å². The Kier molecular flexibility index (Phi) is 3.13. The van der Waals surface area contributed by atoms with E-state index < -0.39 is 0 Å². The van der Waals surface area contributed by atoms with Gasteiger partial charge in [-0.25, -0.2) is 0 Å². The maximum absolute atomic E-state index is 12.1. The van der Waals surface area contributed by atoms with Gasteiger partial charge in [0.15, 0.2) is 0 Å². The van der Waals surface area contributed by atoms with Crippen molar-refractivity contribution >= 4 is 0 Å². The number of hydrogen-bond acceptors (Lipinski definition) is 1. The van der Waals surface area contributed by atoms with Gasteiger partial charge in [0.2, 0.25) is 0 Å². The van der Waals surface area contributed by atoms with Gasteiger partial charge in [-0.1, -0.05) is 6.92 Å². The summed E-state index contributed by atoms with van der Waals surface area (Å²) >= 11 is 0. The molecule has 0 radical (unpaired) electrons. The van der Waals surface area contributed by atoms with Gasteiger partial charge < -0.3 is 5.32 Å². The van der Waals surface area contributed by atoms with Crippen LogP contribution in [0, 0.1) is 11.8 Å². The second kappa shape index (κ2) is 3.91. The average molecular weight is 145 g/mol. The Morgan fingerprint density at radius 2 is 2.50 bits per heavy atom. The normalized spacial score (nSPS) is 30.0. The van der Waals surface area contributed by atoms with Crippen LogP contribution in [0.15, 0.2) is 0 Å². The molecule has 60 valence electrons. The molecular weight excluding hydrogens is 129 g/mol. The molecule has 0 spiro atoms. The van der Waals surface area contributed by atoms with E-state index in [-0.39, 0.29) is 12.6 Å². The third-order valence-electron chi connectivity index (χ3n) is 2.38. The molecule has 1 rings (SSSR count). The molecule has 0 bridgehead atoms. The molecule has 1 nitrogen and oxygen atoms in total. The summed E-state index contributed by atoms with van der Waals surface area (Å²) in [5.41, 5.74) is 0. The molecule has 2 heteroatoms. The molecule has 10 heavy (non-hydrogen) atoms. The first kappa shape index (κ1) is 7.99. The Hall–Kier alpha value is -0.110. The zero-order chi connectivity index (χ0) is 7.40. The molecule has 0 aromatic heterocycles. The van der Waals surface area contributed by atoms with E-state index in [0.29, 0.717) is 5.92 Å². The minimum atomic E-state index is -0.160. The van der Waals surface area contributed by atoms with Crippen LogP contribution in [0.2, 0.25) is 0 Å². The fraction of sp³-hybridized carbons (Fsp3) is 1.00. The molecule has 1 fully saturated rings. The SMILES string of the molecule is CC(CF)C1CCCNC1. The highest BCUT2D eigenvalue weighted by molar-refractivity contribution is 4.72. The number of hydrogen-bond donors (Lipinski definition) is 1. The van der Waals surface area contributed by atoms with E-state index in [9.17, 15) is 4.39 Å². The van der Waals surface area contributed by atoms with Crippen molar-refractivity contribution in [1.82, 2.24) is 5.32 Å². The predicted octanol–water partition coefficient (Wildman–Crippen LogP) is 1.59. The van der Waals surface area contributed by atoms with Crippen LogP contribution in [0.4, 0.5) is 4.39 Å². The van der Waals surface area contributed by atoms with Gasteiger partial charge in [-0.05, 0) is 37.8 Å². The fourth-order valence-corrected chi connectivity index (χ4v) is 1.49. The fourth-order valence-electron chi connectivity index (χ4n) is 1.49. The summed E-state index contributed by atoms with van der Waals surface area (Å²) in [6.07, 6.45) is 2.42. The average Bonchev–Trinajstić information content (AvgIpc) is 2.05. The van der Waals surface area contributed by atoms with Crippen molar-refractivity contribution < 1.29 is 4.39 Å². The first-order valence-electron chi connectivity index (χ1n) is 4.11. The van der Waals surface area contributed by atoms with Crippen molar-refractivity contribution in [3.05, 3.63) is 0 Å². The summed E-state index contributed by atoms with van der Waals surface area (Å²) in [6, 6.07) is 0. The van der Waals surface area contributed by atoms with Gasteiger partial charge >= 0.3 is 0 Å². The highest BCUT2D eigenvalue weighted by atomic mass is 19.1. The lowest BCUT2D eigenvalue weighted by molar-refractivity contribution is 0.234. The van der Waals surface area contributed by atoms with Gasteiger partial charge in [0.1, 0.15) is 0 Å². The molecule has 2 atom stereocenters. The lowest BCUT2D eigenvalue weighted by Crippen LogP contribution is -2.33. The first-order chi connectivity index (χ1) is 4.84. The van der Waals surface area contributed by atoms with Crippen LogP contribution in [0.25, 0.3) is 0 Å². The minimum Gasteiger partial charge on any atom is -0.316 e. The van der Waals surface area contributed by atoms with E-state index in [1.165, 1.54) is 12.8 Å². The standard InChI is InChI=1S/C8H16FN/c1-7(5-9)8-3-2-4-10-6-8/h7-8,10H,2-6H2,1H3. The van der Waals surface area contributed by atoms with E-state index >= 15 is 0 Å². The zero-order valence-corrected chi connectivity index (χ0v) is 6.57. The highest BCUT2D eigenvalue weighted by Gasteiger charge is 2.18. The molecule has 0 aliphatic carbocycles. The minimum absolute atomic E-state index is 0.160. The molecule has 1 saturated heterocycles. The van der Waals surface area contributed by atoms with E-state index in [1.807, 2.05) is 6.92 Å². The Labute approximate surface area is 62.0 Å². The van der Waals surface area contributed by atoms with Crippen LogP contribution in [0.5, 0.6) is 0 Å². The third kappa shape index (κ3) is 1.94. The van der Waals surface area contributed by atoms with Gasteiger partial charge in [0.05, 0.1) is 6.67 Å². The number of nitrogens with one attached hydrogen (secondary N) is 1. The largest absolute Gasteiger partial charge is 0.316 e. The number of halogens is 1. The summed E-state index contributed by atoms with van der Waals surface area (Å²) in [5.74, 6) is 0.839. The Bertz CT molecular complexity index is 89.3. The third-order valence-corrected chi connectivity index (χ3v) is 2.38. The highest BCUT2D eigenvalue weighted by Crippen LogP contribution is 2.19. The van der Waals surface area contributed by atoms with E-state index in [1.54, 1.807) is 0 Å². The van der Waals surface area contributed by atoms with Crippen molar-refractivity contribution in [2.45, 2.75) is 19.8 Å². The molecule has 2 unspecified atom stereocenters. The molecular formula is C8H16FN. The maximum Gasteiger partial charge on any atom is 0.0923 e. The van der Waals surface area contributed by atoms with E-state index in [0.717, 1.165) is 13.1 Å². The van der Waals surface area contributed by atoms with Crippen LogP contribution >= 0.6 is 0 Å². The van der Waals surface area contributed by atoms with Gasteiger partial charge in [-0.3, -0.25) is 4.39 Å². The Morgan fingerprint density at radius 1 is 1.70 bits per heavy atom. The van der Waals surface area contributed by atoms with Crippen molar-refractivity contribution in [2.75, 3.05) is 19.8 Å². The summed E-state index contributed by atoms with van der Waals surface area (Å²) in [4.78, 5) is 0. The quantitative estimate of drug-likeness (QED) is 0.622. The number of rotatable bonds is 2. The molecule has 1 aliphatic heterocycles. The monoisotopic (exact) mass is 145 g/mol. The zero-order valence-electron chi connectivity index (χ0n) is 6.57. The van der Waals surface area contributed by atoms with Crippen LogP contribution in [-0.2, 0) is 0 Å². The van der Waals surface area contributed by atoms with Crippen molar-refractivity contribution in [3.8, 4) is 0 Å². The Morgan fingerprint density at radius 3 is 3.00 bits per heavy atom. The molecule has 0 aromatic carbocycles. The molecule has 1 aliphatic rings. The number of alkyl halides is 1. The maximum atomic E-state index is 12.1. The van der Waals surface area contributed by atoms with Gasteiger partial charge in [-0.2, -0.15) is 0 Å². The van der Waals surface area contributed by atoms with Crippen molar-refractivity contribution in [3.63, 3.8) is 0 Å². The summed E-state index contributed by atoms with van der Waals surface area (Å²) in [6.45, 7) is 3.98. The molecule has 0 aromatic rings. The lowest BCUT2D eigenvalue weighted by atomic mass is 9.88. The summed E-state index contributed by atoms with van der Waals surface area (Å²) < 4.78 is 12.1. The second-order valence-corrected chi connectivity index (χ2v) is 3.24. The smallest absolute Gasteiger partial charge is 0.0923 e. The molecule has 1 heterocycles. The van der Waals surface area contributed by atoms with Crippen molar-refractivity contribution in [1.29, 1.82) is 0 Å². The van der Waals surface area contributed by atoms with Gasteiger partial charge in [0, 0.05) is 0 Å². The summed E-state index contributed by atoms with van der Waals surface area (Å²) in [5, 5.41) is 3.28. The van der Waals surface area contributed by atoms with E-state index in [4.69, 9.17) is 0 Å². The van der Waals surface area contributed by atoms with Gasteiger partial charge in [0.25, 0.3) is 0 Å². The predicted molar refractivity (Wildman–Crippen MR) is 40.7 cm³/mol. The number of piperidine rings is 1. The van der Waals surface area contributed by atoms with Crippen LogP contribution in [-0.4, -0.2) is 19.8 Å².